The zero-order valence-electron chi connectivity index (χ0n) is 14.6. The predicted molar refractivity (Wildman–Crippen MR) is 95.1 cm³/mol. The molecule has 1 N–H and O–H groups in total. The van der Waals surface area contributed by atoms with Gasteiger partial charge in [-0.15, -0.1) is 0 Å². The first-order valence-electron chi connectivity index (χ1n) is 7.67. The first kappa shape index (κ1) is 20.0. The van der Waals surface area contributed by atoms with Crippen LogP contribution in [0.5, 0.6) is 0 Å². The van der Waals surface area contributed by atoms with Crippen molar-refractivity contribution in [1.29, 1.82) is 0 Å². The zero-order valence-corrected chi connectivity index (χ0v) is 15.4. The molecule has 0 saturated heterocycles. The van der Waals surface area contributed by atoms with Crippen molar-refractivity contribution in [3.63, 3.8) is 0 Å². The molecular weight excluding hydrogens is 360 g/mol. The molecule has 2 aromatic carbocycles. The fourth-order valence-electron chi connectivity index (χ4n) is 2.41. The molecule has 0 aliphatic carbocycles. The third kappa shape index (κ3) is 4.64. The van der Waals surface area contributed by atoms with Crippen molar-refractivity contribution >= 4 is 15.7 Å². The molecule has 9 heteroatoms. The Kier molecular flexibility index (Phi) is 6.43. The van der Waals surface area contributed by atoms with E-state index in [9.17, 15) is 18.5 Å². The van der Waals surface area contributed by atoms with E-state index in [0.29, 0.717) is 5.56 Å². The quantitative estimate of drug-likeness (QED) is 0.428. The second-order valence-corrected chi connectivity index (χ2v) is 7.31. The van der Waals surface area contributed by atoms with E-state index in [2.05, 4.69) is 4.72 Å². The highest BCUT2D eigenvalue weighted by Gasteiger charge is 2.29. The van der Waals surface area contributed by atoms with Crippen LogP contribution in [-0.4, -0.2) is 33.9 Å². The lowest BCUT2D eigenvalue weighted by molar-refractivity contribution is -0.384. The van der Waals surface area contributed by atoms with Gasteiger partial charge in [0.1, 0.15) is 0 Å². The topological polar surface area (TPSA) is 108 Å². The molecule has 1 unspecified atom stereocenters. The molecule has 0 aliphatic rings. The van der Waals surface area contributed by atoms with Crippen LogP contribution < -0.4 is 4.72 Å². The fraction of sp³-hybridized carbons (Fsp3) is 0.294. The van der Waals surface area contributed by atoms with Gasteiger partial charge in [-0.1, -0.05) is 29.8 Å². The Hall–Kier alpha value is -2.33. The van der Waals surface area contributed by atoms with Crippen LogP contribution in [0, 0.1) is 17.0 Å². The standard InChI is InChI=1S/C17H20N2O6S/c1-12-4-6-13(7-5-12)16(17(24-2)25-3)18-26(22,23)15-10-8-14(9-11-15)19(20)21/h4-11,16-18H,1-3H3. The van der Waals surface area contributed by atoms with Gasteiger partial charge in [0.2, 0.25) is 10.0 Å². The van der Waals surface area contributed by atoms with Crippen molar-refractivity contribution in [2.24, 2.45) is 0 Å². The van der Waals surface area contributed by atoms with Gasteiger partial charge in [0.25, 0.3) is 5.69 Å². The van der Waals surface area contributed by atoms with Gasteiger partial charge in [0, 0.05) is 26.4 Å². The smallest absolute Gasteiger partial charge is 0.269 e. The molecule has 0 heterocycles. The van der Waals surface area contributed by atoms with Crippen LogP contribution in [0.2, 0.25) is 0 Å². The summed E-state index contributed by atoms with van der Waals surface area (Å²) in [6, 6.07) is 11.1. The summed E-state index contributed by atoms with van der Waals surface area (Å²) in [7, 11) is -1.13. The number of ether oxygens (including phenoxy) is 2. The normalized spacial score (nSPS) is 12.9. The van der Waals surface area contributed by atoms with E-state index >= 15 is 0 Å². The predicted octanol–water partition coefficient (Wildman–Crippen LogP) is 2.54. The van der Waals surface area contributed by atoms with Gasteiger partial charge in [-0.3, -0.25) is 10.1 Å². The maximum absolute atomic E-state index is 12.7. The number of rotatable bonds is 8. The number of hydrogen-bond donors (Lipinski definition) is 1. The van der Waals surface area contributed by atoms with Gasteiger partial charge in [0.05, 0.1) is 15.9 Å². The number of sulfonamides is 1. The summed E-state index contributed by atoms with van der Waals surface area (Å²) in [5.41, 5.74) is 1.50. The summed E-state index contributed by atoms with van der Waals surface area (Å²) in [4.78, 5) is 10.0. The summed E-state index contributed by atoms with van der Waals surface area (Å²) >= 11 is 0. The van der Waals surface area contributed by atoms with Crippen molar-refractivity contribution in [2.45, 2.75) is 24.2 Å². The monoisotopic (exact) mass is 380 g/mol. The molecule has 0 bridgehead atoms. The van der Waals surface area contributed by atoms with E-state index in [1.165, 1.54) is 26.4 Å². The van der Waals surface area contributed by atoms with Gasteiger partial charge >= 0.3 is 0 Å². The molecular formula is C17H20N2O6S. The summed E-state index contributed by atoms with van der Waals surface area (Å²) in [6.45, 7) is 1.92. The molecule has 1 atom stereocenters. The highest BCUT2D eigenvalue weighted by molar-refractivity contribution is 7.89. The third-order valence-electron chi connectivity index (χ3n) is 3.81. The molecule has 0 fully saturated rings. The minimum atomic E-state index is -3.96. The van der Waals surface area contributed by atoms with Gasteiger partial charge in [0.15, 0.2) is 6.29 Å². The van der Waals surface area contributed by atoms with E-state index in [1.807, 2.05) is 19.1 Å². The fourth-order valence-corrected chi connectivity index (χ4v) is 3.62. The number of nitrogens with one attached hydrogen (secondary N) is 1. The minimum Gasteiger partial charge on any atom is -0.354 e. The Morgan fingerprint density at radius 3 is 2.00 bits per heavy atom. The highest BCUT2D eigenvalue weighted by Crippen LogP contribution is 2.24. The highest BCUT2D eigenvalue weighted by atomic mass is 32.2. The summed E-state index contributed by atoms with van der Waals surface area (Å²) in [6.07, 6.45) is -0.856. The van der Waals surface area contributed by atoms with Crippen LogP contribution in [0.4, 0.5) is 5.69 Å². The summed E-state index contributed by atoms with van der Waals surface area (Å²) < 4.78 is 38.4. The number of hydrogen-bond acceptors (Lipinski definition) is 6. The first-order valence-corrected chi connectivity index (χ1v) is 9.15. The van der Waals surface area contributed by atoms with Crippen molar-refractivity contribution in [3.05, 3.63) is 69.8 Å². The molecule has 0 radical (unpaired) electrons. The van der Waals surface area contributed by atoms with Crippen LogP contribution >= 0.6 is 0 Å². The lowest BCUT2D eigenvalue weighted by atomic mass is 10.1. The Morgan fingerprint density at radius 2 is 1.54 bits per heavy atom. The van der Waals surface area contributed by atoms with Gasteiger partial charge < -0.3 is 9.47 Å². The van der Waals surface area contributed by atoms with Gasteiger partial charge in [-0.05, 0) is 24.6 Å². The number of nitrogens with zero attached hydrogens (tertiary/aromatic N) is 1. The molecule has 0 spiro atoms. The van der Waals surface area contributed by atoms with Crippen molar-refractivity contribution < 1.29 is 22.8 Å². The summed E-state index contributed by atoms with van der Waals surface area (Å²) in [5.74, 6) is 0. The molecule has 2 aromatic rings. The number of non-ortho nitro benzene ring substituents is 1. The molecule has 0 saturated carbocycles. The lowest BCUT2D eigenvalue weighted by Crippen LogP contribution is -2.38. The Morgan fingerprint density at radius 1 is 1.00 bits per heavy atom. The molecule has 2 rings (SSSR count). The average Bonchev–Trinajstić information content (AvgIpc) is 2.62. The van der Waals surface area contributed by atoms with Crippen LogP contribution in [0.3, 0.4) is 0 Å². The largest absolute Gasteiger partial charge is 0.354 e. The molecule has 26 heavy (non-hydrogen) atoms. The van der Waals surface area contributed by atoms with E-state index in [-0.39, 0.29) is 10.6 Å². The Bertz CT molecular complexity index is 846. The zero-order chi connectivity index (χ0) is 19.3. The average molecular weight is 380 g/mol. The van der Waals surface area contributed by atoms with E-state index < -0.39 is 27.3 Å². The van der Waals surface area contributed by atoms with Crippen LogP contribution in [0.15, 0.2) is 53.4 Å². The SMILES string of the molecule is COC(OC)C(NS(=O)(=O)c1ccc([N+](=O)[O-])cc1)c1ccc(C)cc1. The van der Waals surface area contributed by atoms with E-state index in [0.717, 1.165) is 17.7 Å². The van der Waals surface area contributed by atoms with Gasteiger partial charge in [-0.25, -0.2) is 8.42 Å². The van der Waals surface area contributed by atoms with Crippen molar-refractivity contribution in [3.8, 4) is 0 Å². The second kappa shape index (κ2) is 8.37. The van der Waals surface area contributed by atoms with Crippen LogP contribution in [0.25, 0.3) is 0 Å². The Labute approximate surface area is 152 Å². The Balaban J connectivity index is 2.36. The number of nitro benzene ring substituents is 1. The maximum Gasteiger partial charge on any atom is 0.269 e. The first-order chi connectivity index (χ1) is 12.3. The third-order valence-corrected chi connectivity index (χ3v) is 5.27. The lowest BCUT2D eigenvalue weighted by Gasteiger charge is -2.26. The number of benzene rings is 2. The maximum atomic E-state index is 12.7. The molecule has 140 valence electrons. The second-order valence-electron chi connectivity index (χ2n) is 5.60. The van der Waals surface area contributed by atoms with E-state index in [4.69, 9.17) is 9.47 Å². The van der Waals surface area contributed by atoms with Crippen molar-refractivity contribution in [2.75, 3.05) is 14.2 Å². The minimum absolute atomic E-state index is 0.0915. The molecule has 0 aromatic heterocycles. The van der Waals surface area contributed by atoms with Crippen molar-refractivity contribution in [1.82, 2.24) is 4.72 Å². The van der Waals surface area contributed by atoms with E-state index in [1.54, 1.807) is 12.1 Å². The van der Waals surface area contributed by atoms with Crippen LogP contribution in [-0.2, 0) is 19.5 Å². The van der Waals surface area contributed by atoms with Gasteiger partial charge in [-0.2, -0.15) is 4.72 Å². The van der Waals surface area contributed by atoms with Crippen LogP contribution in [0.1, 0.15) is 17.2 Å². The number of nitro groups is 1. The molecule has 0 aliphatic heterocycles. The number of methoxy groups -OCH3 is 2. The molecule has 0 amide bonds. The number of aryl methyl sites for hydroxylation is 1. The summed E-state index contributed by atoms with van der Waals surface area (Å²) in [5, 5.41) is 10.7. The molecule has 8 nitrogen and oxygen atoms in total.